The van der Waals surface area contributed by atoms with Crippen LogP contribution in [0.2, 0.25) is 0 Å². The molecular weight excluding hydrogens is 260 g/mol. The topological polar surface area (TPSA) is 106 Å². The van der Waals surface area contributed by atoms with Gasteiger partial charge in [-0.2, -0.15) is 10.1 Å². The van der Waals surface area contributed by atoms with E-state index in [1.807, 2.05) is 36.5 Å². The Morgan fingerprint density at radius 3 is 2.63 bits per heavy atom. The van der Waals surface area contributed by atoms with Crippen LogP contribution in [0.15, 0.2) is 47.7 Å². The number of amidine groups is 1. The molecule has 0 atom stereocenters. The number of benzene rings is 1. The molecule has 1 aromatic carbocycles. The summed E-state index contributed by atoms with van der Waals surface area (Å²) >= 11 is 1.27. The molecule has 1 heterocycles. The van der Waals surface area contributed by atoms with Gasteiger partial charge < -0.3 is 11.5 Å². The Hall–Kier alpha value is -2.28. The molecule has 98 valence electrons. The van der Waals surface area contributed by atoms with Crippen LogP contribution in [0.25, 0.3) is 5.69 Å². The van der Waals surface area contributed by atoms with Gasteiger partial charge in [-0.05, 0) is 23.8 Å². The summed E-state index contributed by atoms with van der Waals surface area (Å²) in [5.74, 6) is 0.557. The molecule has 6 nitrogen and oxygen atoms in total. The van der Waals surface area contributed by atoms with Crippen molar-refractivity contribution in [2.24, 2.45) is 16.5 Å². The van der Waals surface area contributed by atoms with E-state index < -0.39 is 0 Å². The van der Waals surface area contributed by atoms with Crippen LogP contribution in [0, 0.1) is 5.41 Å². The molecule has 5 N–H and O–H groups in total. The summed E-state index contributed by atoms with van der Waals surface area (Å²) in [6, 6.07) is 9.82. The third-order valence-electron chi connectivity index (χ3n) is 2.31. The van der Waals surface area contributed by atoms with E-state index in [4.69, 9.17) is 16.9 Å². The number of rotatable bonds is 3. The molecule has 1 aromatic heterocycles. The van der Waals surface area contributed by atoms with Gasteiger partial charge in [0, 0.05) is 18.1 Å². The smallest absolute Gasteiger partial charge is 0.193 e. The van der Waals surface area contributed by atoms with Crippen molar-refractivity contribution in [3.8, 4) is 5.69 Å². The predicted molar refractivity (Wildman–Crippen MR) is 78.4 cm³/mol. The van der Waals surface area contributed by atoms with E-state index in [0.29, 0.717) is 5.75 Å². The number of hydrogen-bond donors (Lipinski definition) is 3. The quantitative estimate of drug-likeness (QED) is 0.579. The number of aromatic nitrogens is 2. The highest BCUT2D eigenvalue weighted by Gasteiger charge is 2.00. The zero-order valence-corrected chi connectivity index (χ0v) is 11.0. The molecule has 0 saturated carbocycles. The van der Waals surface area contributed by atoms with Gasteiger partial charge in [-0.25, -0.2) is 4.68 Å². The minimum absolute atomic E-state index is 0.0912. The Balaban J connectivity index is 1.96. The summed E-state index contributed by atoms with van der Waals surface area (Å²) < 4.78 is 1.79. The average molecular weight is 274 g/mol. The van der Waals surface area contributed by atoms with Crippen LogP contribution < -0.4 is 11.5 Å². The van der Waals surface area contributed by atoms with Crippen molar-refractivity contribution >= 4 is 22.9 Å². The molecule has 2 rings (SSSR count). The lowest BCUT2D eigenvalue weighted by molar-refractivity contribution is 0.880. The maximum absolute atomic E-state index is 7.53. The highest BCUT2D eigenvalue weighted by Crippen LogP contribution is 2.15. The maximum Gasteiger partial charge on any atom is 0.193 e. The Labute approximate surface area is 115 Å². The van der Waals surface area contributed by atoms with E-state index in [1.54, 1.807) is 10.9 Å². The largest absolute Gasteiger partial charge is 0.370 e. The van der Waals surface area contributed by atoms with Crippen molar-refractivity contribution in [3.05, 3.63) is 48.3 Å². The number of nitrogens with zero attached hydrogens (tertiary/aromatic N) is 3. The molecule has 0 amide bonds. The van der Waals surface area contributed by atoms with E-state index in [2.05, 4.69) is 10.1 Å². The SMILES string of the molecule is N=C(N=C(N)N)SCc1ccc(-n2cccn2)cc1. The molecule has 0 saturated heterocycles. The van der Waals surface area contributed by atoms with Crippen LogP contribution in [0.1, 0.15) is 5.56 Å². The average Bonchev–Trinajstić information content (AvgIpc) is 2.90. The molecule has 7 heteroatoms. The summed E-state index contributed by atoms with van der Waals surface area (Å²) in [5.41, 5.74) is 12.5. The zero-order chi connectivity index (χ0) is 13.7. The molecule has 2 aromatic rings. The Morgan fingerprint density at radius 2 is 2.05 bits per heavy atom. The van der Waals surface area contributed by atoms with Crippen LogP contribution in [-0.2, 0) is 5.75 Å². The van der Waals surface area contributed by atoms with Gasteiger partial charge in [0.15, 0.2) is 11.1 Å². The van der Waals surface area contributed by atoms with Crippen LogP contribution in [0.4, 0.5) is 0 Å². The van der Waals surface area contributed by atoms with Crippen molar-refractivity contribution in [1.82, 2.24) is 9.78 Å². The lowest BCUT2D eigenvalue weighted by Gasteiger charge is -2.04. The fourth-order valence-electron chi connectivity index (χ4n) is 1.47. The van der Waals surface area contributed by atoms with Crippen LogP contribution >= 0.6 is 11.8 Å². The summed E-state index contributed by atoms with van der Waals surface area (Å²) in [6.45, 7) is 0. The molecule has 0 fully saturated rings. The molecule has 0 aliphatic heterocycles. The van der Waals surface area contributed by atoms with Crippen molar-refractivity contribution in [1.29, 1.82) is 5.41 Å². The fraction of sp³-hybridized carbons (Fsp3) is 0.0833. The van der Waals surface area contributed by atoms with E-state index in [1.165, 1.54) is 11.8 Å². The van der Waals surface area contributed by atoms with Gasteiger partial charge in [-0.3, -0.25) is 5.41 Å². The summed E-state index contributed by atoms with van der Waals surface area (Å²) in [4.78, 5) is 3.66. The molecule has 0 aliphatic rings. The number of aliphatic imine (C=N–C) groups is 1. The van der Waals surface area contributed by atoms with E-state index >= 15 is 0 Å². The number of nitrogens with two attached hydrogens (primary N) is 2. The highest BCUT2D eigenvalue weighted by molar-refractivity contribution is 8.13. The zero-order valence-electron chi connectivity index (χ0n) is 10.2. The summed E-state index contributed by atoms with van der Waals surface area (Å²) in [5, 5.41) is 11.8. The van der Waals surface area contributed by atoms with Crippen molar-refractivity contribution in [2.45, 2.75) is 5.75 Å². The van der Waals surface area contributed by atoms with Gasteiger partial charge in [0.05, 0.1) is 5.69 Å². The number of thioether (sulfide) groups is 1. The number of nitrogens with one attached hydrogen (secondary N) is 1. The number of hydrogen-bond acceptors (Lipinski definition) is 3. The summed E-state index contributed by atoms with van der Waals surface area (Å²) in [7, 11) is 0. The molecule has 0 spiro atoms. The first-order valence-electron chi connectivity index (χ1n) is 5.55. The van der Waals surface area contributed by atoms with E-state index in [9.17, 15) is 0 Å². The van der Waals surface area contributed by atoms with Gasteiger partial charge in [-0.15, -0.1) is 0 Å². The molecular formula is C12H14N6S. The third-order valence-corrected chi connectivity index (χ3v) is 3.15. The minimum atomic E-state index is -0.0912. The monoisotopic (exact) mass is 274 g/mol. The van der Waals surface area contributed by atoms with Crippen LogP contribution in [0.3, 0.4) is 0 Å². The van der Waals surface area contributed by atoms with Crippen LogP contribution in [0.5, 0.6) is 0 Å². The van der Waals surface area contributed by atoms with Crippen molar-refractivity contribution < 1.29 is 0 Å². The van der Waals surface area contributed by atoms with E-state index in [0.717, 1.165) is 11.3 Å². The first-order chi connectivity index (χ1) is 9.15. The Kier molecular flexibility index (Phi) is 4.19. The summed E-state index contributed by atoms with van der Waals surface area (Å²) in [6.07, 6.45) is 3.62. The second-order valence-corrected chi connectivity index (χ2v) is 4.71. The Bertz CT molecular complexity index is 569. The lowest BCUT2D eigenvalue weighted by atomic mass is 10.2. The maximum atomic E-state index is 7.53. The van der Waals surface area contributed by atoms with Gasteiger partial charge in [0.2, 0.25) is 0 Å². The lowest BCUT2D eigenvalue weighted by Crippen LogP contribution is -2.23. The first-order valence-corrected chi connectivity index (χ1v) is 6.53. The first kappa shape index (κ1) is 13.2. The van der Waals surface area contributed by atoms with Gasteiger partial charge in [0.25, 0.3) is 0 Å². The second kappa shape index (κ2) is 6.05. The van der Waals surface area contributed by atoms with Gasteiger partial charge in [-0.1, -0.05) is 23.9 Å². The third kappa shape index (κ3) is 3.85. The normalized spacial score (nSPS) is 10.1. The van der Waals surface area contributed by atoms with Crippen molar-refractivity contribution in [3.63, 3.8) is 0 Å². The van der Waals surface area contributed by atoms with Gasteiger partial charge >= 0.3 is 0 Å². The van der Waals surface area contributed by atoms with Crippen LogP contribution in [-0.4, -0.2) is 20.9 Å². The number of guanidine groups is 1. The Morgan fingerprint density at radius 1 is 1.32 bits per heavy atom. The minimum Gasteiger partial charge on any atom is -0.370 e. The molecule has 0 aliphatic carbocycles. The molecule has 0 bridgehead atoms. The molecule has 19 heavy (non-hydrogen) atoms. The molecule has 0 unspecified atom stereocenters. The predicted octanol–water partition coefficient (Wildman–Crippen LogP) is 1.31. The fourth-order valence-corrected chi connectivity index (χ4v) is 2.13. The standard InChI is InChI=1S/C12H14N6S/c13-11(14)17-12(15)19-8-9-2-4-10(5-3-9)18-7-1-6-16-18/h1-7H,8H2,(H5,13,14,15,17). The highest BCUT2D eigenvalue weighted by atomic mass is 32.2. The van der Waals surface area contributed by atoms with Crippen molar-refractivity contribution in [2.75, 3.05) is 0 Å². The van der Waals surface area contributed by atoms with Gasteiger partial charge in [0.1, 0.15) is 0 Å². The molecule has 0 radical (unpaired) electrons. The second-order valence-electron chi connectivity index (χ2n) is 3.75. The van der Waals surface area contributed by atoms with E-state index in [-0.39, 0.29) is 11.1 Å².